The number of hydrogen-bond acceptors (Lipinski definition) is 5. The molecule has 0 amide bonds. The lowest BCUT2D eigenvalue weighted by atomic mass is 10.0. The summed E-state index contributed by atoms with van der Waals surface area (Å²) in [5, 5.41) is 11.3. The molecule has 7 heteroatoms. The van der Waals surface area contributed by atoms with Gasteiger partial charge in [0.2, 0.25) is 0 Å². The Morgan fingerprint density at radius 1 is 1.10 bits per heavy atom. The maximum atomic E-state index is 12.1. The zero-order chi connectivity index (χ0) is 20.7. The number of aromatic nitrogens is 3. The first-order valence-electron chi connectivity index (χ1n) is 10.0. The lowest BCUT2D eigenvalue weighted by Gasteiger charge is -2.09. The van der Waals surface area contributed by atoms with Crippen LogP contribution < -0.4 is 5.63 Å². The van der Waals surface area contributed by atoms with E-state index in [1.54, 1.807) is 17.8 Å². The van der Waals surface area contributed by atoms with Crippen molar-refractivity contribution in [3.63, 3.8) is 0 Å². The van der Waals surface area contributed by atoms with Gasteiger partial charge in [0, 0.05) is 34.3 Å². The van der Waals surface area contributed by atoms with Crippen LogP contribution in [-0.4, -0.2) is 14.8 Å². The number of halogens is 1. The largest absolute Gasteiger partial charge is 0.423 e. The first-order valence-corrected chi connectivity index (χ1v) is 11.4. The SMILES string of the molecule is CCn1c(SCc2cc(=O)oc3cc4c(cc23)CCC4)nnc1-c1ccc(Cl)cc1. The third-order valence-electron chi connectivity index (χ3n) is 5.53. The van der Waals surface area contributed by atoms with E-state index in [1.165, 1.54) is 11.1 Å². The lowest BCUT2D eigenvalue weighted by Crippen LogP contribution is -2.02. The molecule has 0 N–H and O–H groups in total. The van der Waals surface area contributed by atoms with Crippen LogP contribution >= 0.6 is 23.4 Å². The number of benzene rings is 2. The van der Waals surface area contributed by atoms with Crippen LogP contribution in [0, 0.1) is 0 Å². The minimum absolute atomic E-state index is 0.310. The van der Waals surface area contributed by atoms with Crippen molar-refractivity contribution in [2.45, 2.75) is 43.6 Å². The summed E-state index contributed by atoms with van der Waals surface area (Å²) in [5.41, 5.74) is 4.98. The van der Waals surface area contributed by atoms with Crippen LogP contribution in [0.3, 0.4) is 0 Å². The molecular formula is C23H20ClN3O2S. The maximum absolute atomic E-state index is 12.1. The van der Waals surface area contributed by atoms with Crippen LogP contribution in [0.5, 0.6) is 0 Å². The molecule has 0 aliphatic heterocycles. The summed E-state index contributed by atoms with van der Waals surface area (Å²) in [6.45, 7) is 2.82. The first kappa shape index (κ1) is 19.4. The van der Waals surface area contributed by atoms with Crippen LogP contribution in [0.25, 0.3) is 22.4 Å². The van der Waals surface area contributed by atoms with Gasteiger partial charge in [-0.1, -0.05) is 23.4 Å². The summed E-state index contributed by atoms with van der Waals surface area (Å²) in [6, 6.07) is 13.4. The van der Waals surface area contributed by atoms with E-state index in [1.807, 2.05) is 30.3 Å². The molecule has 0 spiro atoms. The highest BCUT2D eigenvalue weighted by molar-refractivity contribution is 7.98. The molecule has 1 aliphatic rings. The first-order chi connectivity index (χ1) is 14.6. The smallest absolute Gasteiger partial charge is 0.336 e. The van der Waals surface area contributed by atoms with Crippen molar-refractivity contribution >= 4 is 34.3 Å². The van der Waals surface area contributed by atoms with Crippen molar-refractivity contribution in [2.24, 2.45) is 0 Å². The van der Waals surface area contributed by atoms with Gasteiger partial charge < -0.3 is 8.98 Å². The van der Waals surface area contributed by atoms with Gasteiger partial charge in [0.15, 0.2) is 11.0 Å². The average Bonchev–Trinajstić information content (AvgIpc) is 3.37. The molecule has 0 saturated heterocycles. The minimum Gasteiger partial charge on any atom is -0.423 e. The summed E-state index contributed by atoms with van der Waals surface area (Å²) in [4.78, 5) is 12.1. The average molecular weight is 438 g/mol. The summed E-state index contributed by atoms with van der Waals surface area (Å²) >= 11 is 7.59. The molecule has 1 aliphatic carbocycles. The van der Waals surface area contributed by atoms with Crippen molar-refractivity contribution in [2.75, 3.05) is 0 Å². The second-order valence-electron chi connectivity index (χ2n) is 7.41. The predicted molar refractivity (Wildman–Crippen MR) is 120 cm³/mol. The minimum atomic E-state index is -0.310. The normalized spacial score (nSPS) is 13.1. The molecule has 30 heavy (non-hydrogen) atoms. The molecule has 2 aromatic heterocycles. The Morgan fingerprint density at radius 2 is 1.87 bits per heavy atom. The van der Waals surface area contributed by atoms with E-state index < -0.39 is 0 Å². The molecule has 0 radical (unpaired) electrons. The molecule has 0 bridgehead atoms. The van der Waals surface area contributed by atoms with Gasteiger partial charge in [-0.05, 0) is 79.3 Å². The van der Waals surface area contributed by atoms with Gasteiger partial charge in [0.1, 0.15) is 5.58 Å². The number of hydrogen-bond donors (Lipinski definition) is 0. The van der Waals surface area contributed by atoms with Crippen LogP contribution in [0.1, 0.15) is 30.0 Å². The molecular weight excluding hydrogens is 418 g/mol. The van der Waals surface area contributed by atoms with Crippen molar-refractivity contribution in [1.82, 2.24) is 14.8 Å². The van der Waals surface area contributed by atoms with E-state index in [-0.39, 0.29) is 5.63 Å². The van der Waals surface area contributed by atoms with Crippen molar-refractivity contribution in [3.8, 4) is 11.4 Å². The van der Waals surface area contributed by atoms with Crippen molar-refractivity contribution < 1.29 is 4.42 Å². The number of thioether (sulfide) groups is 1. The predicted octanol–water partition coefficient (Wildman–Crippen LogP) is 5.51. The fraction of sp³-hybridized carbons (Fsp3) is 0.261. The molecule has 0 fully saturated rings. The fourth-order valence-electron chi connectivity index (χ4n) is 4.05. The van der Waals surface area contributed by atoms with Gasteiger partial charge in [-0.2, -0.15) is 0 Å². The Labute approximate surface area is 183 Å². The third-order valence-corrected chi connectivity index (χ3v) is 6.80. The van der Waals surface area contributed by atoms with Gasteiger partial charge in [0.25, 0.3) is 0 Å². The fourth-order valence-corrected chi connectivity index (χ4v) is 5.17. The lowest BCUT2D eigenvalue weighted by molar-refractivity contribution is 0.559. The highest BCUT2D eigenvalue weighted by Crippen LogP contribution is 2.32. The Balaban J connectivity index is 1.47. The number of fused-ring (bicyclic) bond motifs is 2. The van der Waals surface area contributed by atoms with E-state index >= 15 is 0 Å². The Kier molecular flexibility index (Phi) is 5.13. The van der Waals surface area contributed by atoms with Gasteiger partial charge in [-0.15, -0.1) is 10.2 Å². The molecule has 0 unspecified atom stereocenters. The third kappa shape index (κ3) is 3.55. The second-order valence-corrected chi connectivity index (χ2v) is 8.79. The van der Waals surface area contributed by atoms with Crippen LogP contribution in [-0.2, 0) is 25.1 Å². The monoisotopic (exact) mass is 437 g/mol. The molecule has 2 heterocycles. The van der Waals surface area contributed by atoms with E-state index in [0.29, 0.717) is 16.4 Å². The van der Waals surface area contributed by atoms with E-state index in [0.717, 1.165) is 53.3 Å². The van der Waals surface area contributed by atoms with Crippen molar-refractivity contribution in [3.05, 3.63) is 74.6 Å². The molecule has 0 atom stereocenters. The molecule has 152 valence electrons. The zero-order valence-electron chi connectivity index (χ0n) is 16.5. The Bertz CT molecular complexity index is 1290. The number of aryl methyl sites for hydroxylation is 2. The van der Waals surface area contributed by atoms with Crippen LogP contribution in [0.2, 0.25) is 5.02 Å². The summed E-state index contributed by atoms with van der Waals surface area (Å²) in [5.74, 6) is 1.44. The maximum Gasteiger partial charge on any atom is 0.336 e. The van der Waals surface area contributed by atoms with Crippen LogP contribution in [0.4, 0.5) is 0 Å². The highest BCUT2D eigenvalue weighted by Gasteiger charge is 2.17. The van der Waals surface area contributed by atoms with Gasteiger partial charge in [-0.25, -0.2) is 4.79 Å². The van der Waals surface area contributed by atoms with Crippen molar-refractivity contribution in [1.29, 1.82) is 0 Å². The molecule has 0 saturated carbocycles. The van der Waals surface area contributed by atoms with Gasteiger partial charge in [0.05, 0.1) is 0 Å². The van der Waals surface area contributed by atoms with Gasteiger partial charge >= 0.3 is 5.63 Å². The molecule has 5 nitrogen and oxygen atoms in total. The topological polar surface area (TPSA) is 60.9 Å². The van der Waals surface area contributed by atoms with E-state index in [9.17, 15) is 4.79 Å². The van der Waals surface area contributed by atoms with Gasteiger partial charge in [-0.3, -0.25) is 0 Å². The number of rotatable bonds is 5. The van der Waals surface area contributed by atoms with E-state index in [4.69, 9.17) is 16.0 Å². The summed E-state index contributed by atoms with van der Waals surface area (Å²) < 4.78 is 7.57. The number of nitrogens with zero attached hydrogens (tertiary/aromatic N) is 3. The molecule has 2 aromatic carbocycles. The molecule has 5 rings (SSSR count). The summed E-state index contributed by atoms with van der Waals surface area (Å²) in [7, 11) is 0. The standard InChI is InChI=1S/C23H20ClN3O2S/c1-2-27-22(14-6-8-18(24)9-7-14)25-26-23(27)30-13-17-12-21(28)29-20-11-16-5-3-4-15(16)10-19(17)20/h6-12H,2-5,13H2,1H3. The second kappa shape index (κ2) is 7.93. The molecule has 4 aromatic rings. The van der Waals surface area contributed by atoms with Crippen LogP contribution in [0.15, 0.2) is 56.8 Å². The zero-order valence-corrected chi connectivity index (χ0v) is 18.1. The Hall–Kier alpha value is -2.57. The summed E-state index contributed by atoms with van der Waals surface area (Å²) in [6.07, 6.45) is 3.31. The Morgan fingerprint density at radius 3 is 2.63 bits per heavy atom. The quantitative estimate of drug-likeness (QED) is 0.304. The van der Waals surface area contributed by atoms with E-state index in [2.05, 4.69) is 27.8 Å². The highest BCUT2D eigenvalue weighted by atomic mass is 35.5.